The van der Waals surface area contributed by atoms with Crippen LogP contribution in [0.1, 0.15) is 208 Å². The van der Waals surface area contributed by atoms with E-state index in [4.69, 9.17) is 34.6 Å². The Balaban J connectivity index is -0.000000376. The second kappa shape index (κ2) is 47.0. The molecule has 9 N–H and O–H groups in total. The van der Waals surface area contributed by atoms with Gasteiger partial charge in [0.15, 0.2) is 25.2 Å². The third kappa shape index (κ3) is 32.7. The molecule has 23 heteroatoms. The molecule has 94 heavy (non-hydrogen) atoms. The van der Waals surface area contributed by atoms with Crippen molar-refractivity contribution >= 4 is 51.7 Å². The van der Waals surface area contributed by atoms with Gasteiger partial charge in [-0.3, -0.25) is 29.0 Å². The van der Waals surface area contributed by atoms with Gasteiger partial charge >= 0.3 is 0 Å². The summed E-state index contributed by atoms with van der Waals surface area (Å²) in [6, 6.07) is 22.8. The number of hydrogen-bond acceptors (Lipinski definition) is 16. The minimum Gasteiger partial charge on any atom is -0.508 e. The van der Waals surface area contributed by atoms with E-state index in [0.29, 0.717) is 32.0 Å². The quantitative estimate of drug-likeness (QED) is 0.0110. The Labute approximate surface area is 620 Å². The van der Waals surface area contributed by atoms with Crippen molar-refractivity contribution in [3.8, 4) is 11.5 Å². The number of amides is 4. The summed E-state index contributed by atoms with van der Waals surface area (Å²) in [5.41, 5.74) is 3.73. The van der Waals surface area contributed by atoms with Gasteiger partial charge in [-0.05, 0) is 93.2 Å². The maximum absolute atomic E-state index is 12.9. The number of benzene rings is 4. The fourth-order valence-corrected chi connectivity index (χ4v) is 9.19. The molecule has 4 amide bonds. The molecule has 2 aliphatic rings. The zero-order valence-electron chi connectivity index (χ0n) is 55.5. The van der Waals surface area contributed by atoms with E-state index in [1.165, 1.54) is 55.2 Å². The van der Waals surface area contributed by atoms with Crippen LogP contribution in [0.4, 0.5) is 0 Å². The van der Waals surface area contributed by atoms with E-state index in [0.717, 1.165) is 51.5 Å². The van der Waals surface area contributed by atoms with E-state index < -0.39 is 71.7 Å². The second-order valence-corrected chi connectivity index (χ2v) is 27.1. The van der Waals surface area contributed by atoms with E-state index in [-0.39, 0.29) is 143 Å². The number of hydrogen-bond donors (Lipinski definition) is 9. The van der Waals surface area contributed by atoms with Gasteiger partial charge in [-0.1, -0.05) is 214 Å². The summed E-state index contributed by atoms with van der Waals surface area (Å²) in [4.78, 5) is 52.2. The van der Waals surface area contributed by atoms with Crippen LogP contribution in [0.15, 0.2) is 98.1 Å². The van der Waals surface area contributed by atoms with Crippen molar-refractivity contribution in [2.75, 3.05) is 25.2 Å². The summed E-state index contributed by atoms with van der Waals surface area (Å²) in [5, 5.41) is 84.1. The number of unbranched alkanes of at least 4 members (excludes halogenated alkanes) is 3. The Kier molecular flexibility index (Phi) is 49.7. The Bertz CT molecular complexity index is 2810. The van der Waals surface area contributed by atoms with Gasteiger partial charge in [0.25, 0.3) is 23.6 Å². The number of imide groups is 2. The number of aliphatic hydroxyl groups excluding tert-OH is 4. The van der Waals surface area contributed by atoms with E-state index in [9.17, 15) is 44.7 Å². The maximum Gasteiger partial charge on any atom is 0.262 e. The average Bonchev–Trinajstić information content (AvgIpc) is 1.61. The SMILES string of the molecule is C.C.C=Cc1ccc(COCCCCCCBr)cc1.C=Cc1ccc(COCCCOc2ccc3c(c2)C(=O)N([C@H](C(O)O)C(C)(C)C)C3=O)cc1.CC(C)(C)[C@@H](C(O)O)N1C(=O)c2ccc(O)cc2C1=O.C[C@H](C(O)O)C(C)(C)C.C[C@H](C(O)O)C(C)(C)C.[Rh].[Rh].[Rh].[Rh]. The number of aliphatic hydroxyl groups is 8. The van der Waals surface area contributed by atoms with Gasteiger partial charge in [0.2, 0.25) is 0 Å². The van der Waals surface area contributed by atoms with Gasteiger partial charge < -0.3 is 60.2 Å². The summed E-state index contributed by atoms with van der Waals surface area (Å²) in [6.45, 7) is 36.4. The molecule has 6 rings (SSSR count). The molecule has 0 aromatic heterocycles. The maximum atomic E-state index is 12.9. The molecule has 4 aromatic carbocycles. The summed E-state index contributed by atoms with van der Waals surface area (Å²) < 4.78 is 17.0. The molecule has 4 atom stereocenters. The van der Waals surface area contributed by atoms with Crippen molar-refractivity contribution in [2.24, 2.45) is 33.5 Å². The molecule has 18 nitrogen and oxygen atoms in total. The average molecular weight is 1740 g/mol. The molecule has 4 aromatic rings. The Hall–Kier alpha value is -3.19. The normalized spacial score (nSPS) is 13.7. The van der Waals surface area contributed by atoms with Crippen LogP contribution in [-0.4, -0.2) is 142 Å². The molecule has 2 heterocycles. The number of fused-ring (bicyclic) bond motifs is 2. The van der Waals surface area contributed by atoms with Crippen molar-refractivity contribution < 1.29 is 157 Å². The van der Waals surface area contributed by atoms with Crippen molar-refractivity contribution in [1.82, 2.24) is 9.80 Å². The monoisotopic (exact) mass is 1740 g/mol. The number of phenols is 1. The summed E-state index contributed by atoms with van der Waals surface area (Å²) in [7, 11) is 0. The van der Waals surface area contributed by atoms with E-state index >= 15 is 0 Å². The van der Waals surface area contributed by atoms with Crippen LogP contribution in [0.3, 0.4) is 0 Å². The molecule has 0 unspecified atom stereocenters. The first-order chi connectivity index (χ1) is 40.8. The molecular weight excluding hydrogens is 1630 g/mol. The van der Waals surface area contributed by atoms with Crippen LogP contribution in [0.2, 0.25) is 0 Å². The van der Waals surface area contributed by atoms with Crippen molar-refractivity contribution in [2.45, 2.75) is 194 Å². The minimum absolute atomic E-state index is 0. The number of alkyl halides is 1. The molecule has 542 valence electrons. The first kappa shape index (κ1) is 99.5. The third-order valence-corrected chi connectivity index (χ3v) is 15.7. The van der Waals surface area contributed by atoms with Crippen LogP contribution < -0.4 is 4.74 Å². The van der Waals surface area contributed by atoms with Gasteiger partial charge in [-0.15, -0.1) is 0 Å². The predicted octanol–water partition coefficient (Wildman–Crippen LogP) is 12.4. The van der Waals surface area contributed by atoms with Gasteiger partial charge in [-0.2, -0.15) is 0 Å². The largest absolute Gasteiger partial charge is 0.508 e. The van der Waals surface area contributed by atoms with E-state index in [1.54, 1.807) is 53.7 Å². The Morgan fingerprint density at radius 1 is 0.447 bits per heavy atom. The standard InChI is InChI=1S/C26H31NO6.C15H21BrO.C14H17NO5.2C7H16O2.2CH4.4Rh/c1-5-17-7-9-18(10-8-17)16-32-13-6-14-33-19-11-12-20-21(15-19)24(29)27(23(20)28)22(25(30)31)26(2,3)4;1-2-14-7-9-15(10-8-14)13-17-12-6-4-3-5-11-16;1-14(2,3)10(13(19)20)15-11(17)8-5-4-7(16)6-9(8)12(15)18;2*1-5(6(8)9)7(2,3)4;;;;;;/h5,7-12,15,22,25,30-31H,1,6,13-14,16H2,2-4H3;2,7-10H,1,3-6,11-13H2;4-6,10,13,16,19-20H,1-3H3;2*5-6,8-9H,1-4H3;2*1H4;;;;/t22-;;10-;2*5-;;;;;;/m1.111....../s1. The number of ether oxygens (including phenoxy) is 3. The number of halogens is 1. The molecule has 0 saturated carbocycles. The number of carbonyl (C=O) groups excluding carboxylic acids is 4. The molecule has 0 saturated heterocycles. The number of aromatic hydroxyl groups is 1. The van der Waals surface area contributed by atoms with Gasteiger partial charge in [-0.25, -0.2) is 0 Å². The molecule has 0 spiro atoms. The minimum atomic E-state index is -1.84. The zero-order valence-corrected chi connectivity index (χ0v) is 63.7. The molecule has 2 aliphatic heterocycles. The first-order valence-corrected chi connectivity index (χ1v) is 30.9. The topological polar surface area (TPSA) is 285 Å². The van der Waals surface area contributed by atoms with Crippen LogP contribution in [0.5, 0.6) is 11.5 Å². The Morgan fingerprint density at radius 3 is 1.11 bits per heavy atom. The third-order valence-electron chi connectivity index (χ3n) is 15.2. The fraction of sp³-hybridized carbons (Fsp3) is 0.549. The predicted molar refractivity (Wildman–Crippen MR) is 360 cm³/mol. The van der Waals surface area contributed by atoms with Crippen LogP contribution in [0.25, 0.3) is 12.2 Å². The zero-order chi connectivity index (χ0) is 67.1. The number of phenolic OH excluding ortho intramolecular Hbond substituents is 1. The summed E-state index contributed by atoms with van der Waals surface area (Å²) in [5.74, 6) is -2.11. The molecular formula is C71H109BrN2O16Rh4. The molecule has 0 fully saturated rings. The van der Waals surface area contributed by atoms with Crippen molar-refractivity contribution in [3.05, 3.63) is 143 Å². The van der Waals surface area contributed by atoms with E-state index in [1.807, 2.05) is 85.7 Å². The smallest absolute Gasteiger partial charge is 0.262 e. The summed E-state index contributed by atoms with van der Waals surface area (Å²) >= 11 is 3.44. The fourth-order valence-electron chi connectivity index (χ4n) is 8.79. The molecule has 0 aliphatic carbocycles. The number of carbonyl (C=O) groups is 4. The summed E-state index contributed by atoms with van der Waals surface area (Å²) in [6.07, 6.45) is 3.23. The van der Waals surface area contributed by atoms with Gasteiger partial charge in [0.1, 0.15) is 11.5 Å². The number of rotatable bonds is 23. The van der Waals surface area contributed by atoms with Crippen LogP contribution in [-0.2, 0) is 101 Å². The molecule has 0 bridgehead atoms. The van der Waals surface area contributed by atoms with Crippen molar-refractivity contribution in [1.29, 1.82) is 0 Å². The Morgan fingerprint density at radius 2 is 0.787 bits per heavy atom. The van der Waals surface area contributed by atoms with Gasteiger partial charge in [0.05, 0.1) is 60.8 Å². The van der Waals surface area contributed by atoms with E-state index in [2.05, 4.69) is 53.4 Å². The number of nitrogens with zero attached hydrogens (tertiary/aromatic N) is 2. The van der Waals surface area contributed by atoms with Crippen LogP contribution >= 0.6 is 15.9 Å². The second-order valence-electron chi connectivity index (χ2n) is 26.3. The van der Waals surface area contributed by atoms with Crippen molar-refractivity contribution in [3.63, 3.8) is 0 Å². The van der Waals surface area contributed by atoms with Gasteiger partial charge in [0, 0.05) is 108 Å². The molecule has 4 radical (unpaired) electrons. The van der Waals surface area contributed by atoms with Crippen LogP contribution in [0, 0.1) is 33.5 Å². The first-order valence-electron chi connectivity index (χ1n) is 29.8.